The number of hydrogen-bond acceptors (Lipinski definition) is 5. The zero-order valence-corrected chi connectivity index (χ0v) is 11.9. The summed E-state index contributed by atoms with van der Waals surface area (Å²) >= 11 is 1.75. The summed E-state index contributed by atoms with van der Waals surface area (Å²) < 4.78 is 18.7. The fourth-order valence-electron chi connectivity index (χ4n) is 1.51. The lowest BCUT2D eigenvalue weighted by molar-refractivity contribution is 0.296. The van der Waals surface area contributed by atoms with E-state index in [1.807, 2.05) is 0 Å². The van der Waals surface area contributed by atoms with Crippen LogP contribution in [0.3, 0.4) is 0 Å². The van der Waals surface area contributed by atoms with Gasteiger partial charge in [-0.2, -0.15) is 11.8 Å². The van der Waals surface area contributed by atoms with Crippen LogP contribution in [0.2, 0.25) is 0 Å². The molecule has 1 aromatic carbocycles. The van der Waals surface area contributed by atoms with Crippen LogP contribution >= 0.6 is 11.8 Å². The first-order valence-corrected chi connectivity index (χ1v) is 7.48. The molecule has 108 valence electrons. The van der Waals surface area contributed by atoms with Crippen LogP contribution in [0, 0.1) is 5.82 Å². The molecule has 1 aromatic rings. The maximum Gasteiger partial charge on any atom is 0.167 e. The van der Waals surface area contributed by atoms with Crippen LogP contribution in [0.25, 0.3) is 0 Å². The Morgan fingerprint density at radius 1 is 1.42 bits per heavy atom. The Bertz CT molecular complexity index is 391. The molecule has 0 radical (unpaired) electrons. The average molecular weight is 288 g/mol. The van der Waals surface area contributed by atoms with E-state index in [1.165, 1.54) is 6.07 Å². The molecule has 0 saturated carbocycles. The molecule has 0 amide bonds. The highest BCUT2D eigenvalue weighted by Crippen LogP contribution is 2.28. The predicted molar refractivity (Wildman–Crippen MR) is 79.5 cm³/mol. The summed E-state index contributed by atoms with van der Waals surface area (Å²) in [5.74, 6) is 1.61. The van der Waals surface area contributed by atoms with Crippen molar-refractivity contribution in [1.29, 1.82) is 0 Å². The second kappa shape index (κ2) is 8.87. The summed E-state index contributed by atoms with van der Waals surface area (Å²) in [4.78, 5) is 0. The van der Waals surface area contributed by atoms with Crippen molar-refractivity contribution in [3.05, 3.63) is 17.9 Å². The Kier molecular flexibility index (Phi) is 7.43. The van der Waals surface area contributed by atoms with Crippen molar-refractivity contribution in [3.8, 4) is 5.75 Å². The van der Waals surface area contributed by atoms with Gasteiger partial charge in [-0.3, -0.25) is 0 Å². The van der Waals surface area contributed by atoms with E-state index in [0.29, 0.717) is 18.0 Å². The summed E-state index contributed by atoms with van der Waals surface area (Å²) in [6, 6.07) is 2.86. The molecule has 0 fully saturated rings. The van der Waals surface area contributed by atoms with Crippen LogP contribution in [-0.2, 0) is 0 Å². The highest BCUT2D eigenvalue weighted by Gasteiger charge is 2.08. The lowest BCUT2D eigenvalue weighted by Gasteiger charge is -2.12. The maximum absolute atomic E-state index is 13.5. The first-order chi connectivity index (χ1) is 9.19. The van der Waals surface area contributed by atoms with Crippen LogP contribution in [0.5, 0.6) is 5.75 Å². The summed E-state index contributed by atoms with van der Waals surface area (Å²) in [6.45, 7) is 3.18. The van der Waals surface area contributed by atoms with Crippen molar-refractivity contribution < 1.29 is 14.2 Å². The van der Waals surface area contributed by atoms with E-state index in [-0.39, 0.29) is 12.4 Å². The molecule has 0 heterocycles. The number of thioether (sulfide) groups is 1. The molecule has 0 unspecified atom stereocenters. The minimum absolute atomic E-state index is 0.215. The lowest BCUT2D eigenvalue weighted by Crippen LogP contribution is -2.08. The molecule has 0 spiro atoms. The molecule has 0 aromatic heterocycles. The van der Waals surface area contributed by atoms with Crippen molar-refractivity contribution in [1.82, 2.24) is 0 Å². The van der Waals surface area contributed by atoms with Crippen LogP contribution in [0.15, 0.2) is 12.1 Å². The van der Waals surface area contributed by atoms with Gasteiger partial charge in [-0.25, -0.2) is 4.39 Å². The fraction of sp³-hybridized carbons (Fsp3) is 0.538. The Balaban J connectivity index is 2.46. The van der Waals surface area contributed by atoms with Gasteiger partial charge in [0.15, 0.2) is 11.6 Å². The van der Waals surface area contributed by atoms with Crippen molar-refractivity contribution in [3.63, 3.8) is 0 Å². The number of rotatable bonds is 9. The summed E-state index contributed by atoms with van der Waals surface area (Å²) in [6.07, 6.45) is 0.803. The zero-order valence-electron chi connectivity index (χ0n) is 11.1. The molecule has 4 N–H and O–H groups in total. The maximum atomic E-state index is 13.5. The van der Waals surface area contributed by atoms with Crippen molar-refractivity contribution in [2.24, 2.45) is 0 Å². The number of ether oxygens (including phenoxy) is 1. The molecule has 0 aliphatic rings. The molecule has 0 aliphatic heterocycles. The minimum Gasteiger partial charge on any atom is -0.491 e. The highest BCUT2D eigenvalue weighted by molar-refractivity contribution is 7.99. The van der Waals surface area contributed by atoms with Crippen molar-refractivity contribution >= 4 is 23.1 Å². The first kappa shape index (κ1) is 15.9. The monoisotopic (exact) mass is 288 g/mol. The Morgan fingerprint density at radius 3 is 2.89 bits per heavy atom. The standard InChI is InChI=1S/C13H21FN2O2S/c1-2-18-13-9-12(11(15)8-10(13)14)16-4-7-19-6-3-5-17/h8-9,16-17H,2-7,15H2,1H3. The van der Waals surface area contributed by atoms with Gasteiger partial charge in [-0.15, -0.1) is 0 Å². The predicted octanol–water partition coefficient (Wildman–Crippen LogP) is 2.33. The molecule has 1 rings (SSSR count). The number of nitrogens with one attached hydrogen (secondary N) is 1. The molecule has 0 aliphatic carbocycles. The molecular weight excluding hydrogens is 267 g/mol. The summed E-state index contributed by atoms with van der Waals surface area (Å²) in [5.41, 5.74) is 6.81. The quantitative estimate of drug-likeness (QED) is 0.481. The van der Waals surface area contributed by atoms with Crippen LogP contribution in [0.1, 0.15) is 13.3 Å². The fourth-order valence-corrected chi connectivity index (χ4v) is 2.30. The molecule has 19 heavy (non-hydrogen) atoms. The summed E-state index contributed by atoms with van der Waals surface area (Å²) in [5, 5.41) is 11.8. The number of nitrogens with two attached hydrogens (primary N) is 1. The number of aliphatic hydroxyl groups excluding tert-OH is 1. The molecule has 4 nitrogen and oxygen atoms in total. The SMILES string of the molecule is CCOc1cc(NCCSCCCO)c(N)cc1F. The highest BCUT2D eigenvalue weighted by atomic mass is 32.2. The van der Waals surface area contributed by atoms with Gasteiger partial charge in [0.05, 0.1) is 18.0 Å². The van der Waals surface area contributed by atoms with E-state index in [1.54, 1.807) is 24.8 Å². The normalized spacial score (nSPS) is 10.5. The van der Waals surface area contributed by atoms with Crippen LogP contribution in [-0.4, -0.2) is 36.4 Å². The number of aliphatic hydroxyl groups is 1. The lowest BCUT2D eigenvalue weighted by atomic mass is 10.2. The third kappa shape index (κ3) is 5.57. The third-order valence-electron chi connectivity index (χ3n) is 2.41. The van der Waals surface area contributed by atoms with Gasteiger partial charge < -0.3 is 20.9 Å². The van der Waals surface area contributed by atoms with E-state index < -0.39 is 5.82 Å². The molecule has 0 bridgehead atoms. The van der Waals surface area contributed by atoms with Gasteiger partial charge in [0.1, 0.15) is 0 Å². The number of halogens is 1. The van der Waals surface area contributed by atoms with Gasteiger partial charge >= 0.3 is 0 Å². The van der Waals surface area contributed by atoms with E-state index >= 15 is 0 Å². The van der Waals surface area contributed by atoms with Gasteiger partial charge in [-0.05, 0) is 19.1 Å². The third-order valence-corrected chi connectivity index (χ3v) is 3.48. The smallest absolute Gasteiger partial charge is 0.167 e. The topological polar surface area (TPSA) is 67.5 Å². The van der Waals surface area contributed by atoms with Gasteiger partial charge in [0.2, 0.25) is 0 Å². The number of anilines is 2. The van der Waals surface area contributed by atoms with E-state index in [0.717, 1.165) is 24.5 Å². The van der Waals surface area contributed by atoms with Gasteiger partial charge in [0.25, 0.3) is 0 Å². The Morgan fingerprint density at radius 2 is 2.21 bits per heavy atom. The van der Waals surface area contributed by atoms with E-state index in [9.17, 15) is 4.39 Å². The second-order valence-corrected chi connectivity index (χ2v) is 5.14. The largest absolute Gasteiger partial charge is 0.491 e. The number of nitrogen functional groups attached to an aromatic ring is 1. The summed E-state index contributed by atoms with van der Waals surface area (Å²) in [7, 11) is 0. The van der Waals surface area contributed by atoms with E-state index in [4.69, 9.17) is 15.6 Å². The van der Waals surface area contributed by atoms with E-state index in [2.05, 4.69) is 5.32 Å². The zero-order chi connectivity index (χ0) is 14.1. The molecular formula is C13H21FN2O2S. The van der Waals surface area contributed by atoms with Gasteiger partial charge in [-0.1, -0.05) is 0 Å². The second-order valence-electron chi connectivity index (χ2n) is 3.92. The van der Waals surface area contributed by atoms with Crippen LogP contribution < -0.4 is 15.8 Å². The number of hydrogen-bond donors (Lipinski definition) is 3. The average Bonchev–Trinajstić information content (AvgIpc) is 2.38. The Labute approximate surface area is 117 Å². The van der Waals surface area contributed by atoms with Crippen molar-refractivity contribution in [2.75, 3.05) is 42.3 Å². The van der Waals surface area contributed by atoms with Crippen LogP contribution in [0.4, 0.5) is 15.8 Å². The van der Waals surface area contributed by atoms with Crippen molar-refractivity contribution in [2.45, 2.75) is 13.3 Å². The minimum atomic E-state index is -0.442. The Hall–Kier alpha value is -1.14. The first-order valence-electron chi connectivity index (χ1n) is 6.33. The molecule has 0 atom stereocenters. The molecule has 0 saturated heterocycles. The van der Waals surface area contributed by atoms with Gasteiger partial charge in [0, 0.05) is 31.0 Å². The number of benzene rings is 1. The molecule has 6 heteroatoms.